The maximum absolute atomic E-state index is 13.8. The van der Waals surface area contributed by atoms with Gasteiger partial charge in [0.05, 0.1) is 17.6 Å². The first-order valence-corrected chi connectivity index (χ1v) is 11.0. The fraction of sp³-hybridized carbons (Fsp3) is 0.680. The molecule has 0 aromatic rings. The Hall–Kier alpha value is -1.72. The number of aliphatic hydroxyl groups excluding tert-OH is 1. The van der Waals surface area contributed by atoms with Crippen molar-refractivity contribution in [2.45, 2.75) is 83.2 Å². The SMILES string of the molecule is C=C[C@]1(CC)CC(=O)C2[C@@]3(C=C)CCCC(C)(C)C3[C@H](O)[C@H](OC(C)=O)[C@@]2(C=C)O1. The van der Waals surface area contributed by atoms with Gasteiger partial charge in [0.2, 0.25) is 0 Å². The Morgan fingerprint density at radius 1 is 1.23 bits per heavy atom. The van der Waals surface area contributed by atoms with Gasteiger partial charge < -0.3 is 14.6 Å². The zero-order valence-corrected chi connectivity index (χ0v) is 18.8. The van der Waals surface area contributed by atoms with Gasteiger partial charge in [-0.1, -0.05) is 45.4 Å². The summed E-state index contributed by atoms with van der Waals surface area (Å²) < 4.78 is 12.4. The van der Waals surface area contributed by atoms with E-state index in [9.17, 15) is 14.7 Å². The molecule has 30 heavy (non-hydrogen) atoms. The highest BCUT2D eigenvalue weighted by atomic mass is 16.6. The number of rotatable bonds is 5. The second kappa shape index (κ2) is 7.45. The summed E-state index contributed by atoms with van der Waals surface area (Å²) in [6, 6.07) is 0. The van der Waals surface area contributed by atoms with E-state index in [1.54, 1.807) is 12.2 Å². The molecular weight excluding hydrogens is 380 g/mol. The number of esters is 1. The maximum Gasteiger partial charge on any atom is 0.303 e. The van der Waals surface area contributed by atoms with E-state index < -0.39 is 40.7 Å². The van der Waals surface area contributed by atoms with Crippen LogP contribution in [-0.4, -0.2) is 40.3 Å². The van der Waals surface area contributed by atoms with Crippen molar-refractivity contribution in [2.75, 3.05) is 0 Å². The van der Waals surface area contributed by atoms with Crippen LogP contribution in [0.3, 0.4) is 0 Å². The number of ether oxygens (including phenoxy) is 2. The van der Waals surface area contributed by atoms with E-state index in [2.05, 4.69) is 33.6 Å². The average molecular weight is 417 g/mol. The minimum Gasteiger partial charge on any atom is -0.456 e. The molecule has 2 saturated carbocycles. The Morgan fingerprint density at radius 2 is 1.90 bits per heavy atom. The predicted molar refractivity (Wildman–Crippen MR) is 116 cm³/mol. The standard InChI is InChI=1S/C25H36O5/c1-8-23(9-2)15-17(27)19-24(10-3)14-12-13-22(6,7)20(24)18(28)21(29-16(5)26)25(19,11-4)30-23/h8,10-11,18-21,28H,1,3-4,9,12-15H2,2,5-7H3/t18-,19?,20?,21-,23-,24+,25-/m0/s1. The molecule has 5 nitrogen and oxygen atoms in total. The first kappa shape index (κ1) is 23.0. The Kier molecular flexibility index (Phi) is 5.70. The third-order valence-corrected chi connectivity index (χ3v) is 8.07. The van der Waals surface area contributed by atoms with Crippen LogP contribution in [0.4, 0.5) is 0 Å². The van der Waals surface area contributed by atoms with Crippen molar-refractivity contribution < 1.29 is 24.2 Å². The molecule has 2 unspecified atom stereocenters. The van der Waals surface area contributed by atoms with Crippen LogP contribution >= 0.6 is 0 Å². The van der Waals surface area contributed by atoms with Gasteiger partial charge in [0, 0.05) is 24.7 Å². The van der Waals surface area contributed by atoms with Gasteiger partial charge in [-0.25, -0.2) is 0 Å². The predicted octanol–water partition coefficient (Wildman–Crippen LogP) is 4.16. The van der Waals surface area contributed by atoms with Gasteiger partial charge in [-0.05, 0) is 24.7 Å². The monoisotopic (exact) mass is 416 g/mol. The molecule has 3 rings (SSSR count). The summed E-state index contributed by atoms with van der Waals surface area (Å²) >= 11 is 0. The van der Waals surface area contributed by atoms with E-state index in [0.717, 1.165) is 19.3 Å². The molecule has 0 radical (unpaired) electrons. The van der Waals surface area contributed by atoms with Gasteiger partial charge in [0.25, 0.3) is 0 Å². The van der Waals surface area contributed by atoms with Gasteiger partial charge >= 0.3 is 5.97 Å². The molecule has 1 heterocycles. The number of allylic oxidation sites excluding steroid dienone is 1. The normalized spacial score (nSPS) is 44.9. The molecule has 1 aliphatic heterocycles. The zero-order valence-electron chi connectivity index (χ0n) is 18.8. The maximum atomic E-state index is 13.8. The van der Waals surface area contributed by atoms with E-state index in [1.165, 1.54) is 6.92 Å². The molecule has 0 aromatic carbocycles. The summed E-state index contributed by atoms with van der Waals surface area (Å²) in [5.41, 5.74) is -3.21. The van der Waals surface area contributed by atoms with Crippen LogP contribution in [0.5, 0.6) is 0 Å². The molecule has 2 aliphatic carbocycles. The number of aliphatic hydroxyl groups is 1. The molecule has 1 N–H and O–H groups in total. The van der Waals surface area contributed by atoms with Crippen molar-refractivity contribution in [2.24, 2.45) is 22.7 Å². The molecule has 166 valence electrons. The second-order valence-electron chi connectivity index (χ2n) is 10.0. The highest BCUT2D eigenvalue weighted by Crippen LogP contribution is 2.66. The van der Waals surface area contributed by atoms with Crippen molar-refractivity contribution >= 4 is 11.8 Å². The van der Waals surface area contributed by atoms with Crippen LogP contribution in [0.25, 0.3) is 0 Å². The van der Waals surface area contributed by atoms with E-state index in [0.29, 0.717) is 6.42 Å². The Bertz CT molecular complexity index is 770. The number of carbonyl (C=O) groups is 2. The fourth-order valence-corrected chi connectivity index (χ4v) is 6.89. The average Bonchev–Trinajstić information content (AvgIpc) is 2.69. The van der Waals surface area contributed by atoms with Gasteiger partial charge in [0.1, 0.15) is 11.4 Å². The largest absolute Gasteiger partial charge is 0.456 e. The molecule has 3 fully saturated rings. The third-order valence-electron chi connectivity index (χ3n) is 8.07. The van der Waals surface area contributed by atoms with Gasteiger partial charge in [-0.3, -0.25) is 9.59 Å². The lowest BCUT2D eigenvalue weighted by molar-refractivity contribution is -0.294. The van der Waals surface area contributed by atoms with E-state index in [-0.39, 0.29) is 23.5 Å². The molecule has 0 bridgehead atoms. The van der Waals surface area contributed by atoms with Crippen LogP contribution < -0.4 is 0 Å². The lowest BCUT2D eigenvalue weighted by Gasteiger charge is -2.67. The first-order chi connectivity index (χ1) is 14.0. The Morgan fingerprint density at radius 3 is 2.40 bits per heavy atom. The van der Waals surface area contributed by atoms with Crippen molar-refractivity contribution in [3.63, 3.8) is 0 Å². The second-order valence-corrected chi connectivity index (χ2v) is 10.0. The highest BCUT2D eigenvalue weighted by molar-refractivity contribution is 5.87. The summed E-state index contributed by atoms with van der Waals surface area (Å²) in [4.78, 5) is 25.9. The molecule has 7 atom stereocenters. The minimum absolute atomic E-state index is 0.0227. The lowest BCUT2D eigenvalue weighted by atomic mass is 9.41. The molecule has 0 spiro atoms. The zero-order chi connectivity index (χ0) is 22.5. The topological polar surface area (TPSA) is 72.8 Å². The van der Waals surface area contributed by atoms with E-state index in [4.69, 9.17) is 9.47 Å². The molecule has 5 heteroatoms. The minimum atomic E-state index is -1.36. The molecule has 0 amide bonds. The van der Waals surface area contributed by atoms with Crippen LogP contribution in [0.2, 0.25) is 0 Å². The smallest absolute Gasteiger partial charge is 0.303 e. The van der Waals surface area contributed by atoms with Crippen molar-refractivity contribution in [1.29, 1.82) is 0 Å². The van der Waals surface area contributed by atoms with Crippen LogP contribution in [0.15, 0.2) is 38.0 Å². The van der Waals surface area contributed by atoms with Crippen LogP contribution in [0.1, 0.15) is 59.8 Å². The number of carbonyl (C=O) groups excluding carboxylic acids is 2. The van der Waals surface area contributed by atoms with Crippen LogP contribution in [0, 0.1) is 22.7 Å². The molecule has 1 saturated heterocycles. The number of ketones is 1. The molecule has 0 aromatic heterocycles. The molecular formula is C25H36O5. The summed E-state index contributed by atoms with van der Waals surface area (Å²) in [6.07, 6.45) is 6.28. The third kappa shape index (κ3) is 2.96. The number of Topliss-reactive ketones (excluding diaryl/α,β-unsaturated/α-hetero) is 1. The van der Waals surface area contributed by atoms with Crippen LogP contribution in [-0.2, 0) is 19.1 Å². The first-order valence-electron chi connectivity index (χ1n) is 11.0. The van der Waals surface area contributed by atoms with Gasteiger partial charge in [-0.2, -0.15) is 0 Å². The van der Waals surface area contributed by atoms with Crippen molar-refractivity contribution in [3.8, 4) is 0 Å². The summed E-state index contributed by atoms with van der Waals surface area (Å²) in [7, 11) is 0. The highest BCUT2D eigenvalue weighted by Gasteiger charge is 2.73. The fourth-order valence-electron chi connectivity index (χ4n) is 6.89. The van der Waals surface area contributed by atoms with Crippen molar-refractivity contribution in [1.82, 2.24) is 0 Å². The van der Waals surface area contributed by atoms with Gasteiger partial charge in [0.15, 0.2) is 6.10 Å². The van der Waals surface area contributed by atoms with Gasteiger partial charge in [-0.15, -0.1) is 19.7 Å². The quantitative estimate of drug-likeness (QED) is 0.538. The summed E-state index contributed by atoms with van der Waals surface area (Å²) in [5, 5.41) is 11.7. The summed E-state index contributed by atoms with van der Waals surface area (Å²) in [5.74, 6) is -1.45. The number of fused-ring (bicyclic) bond motifs is 3. The molecule has 3 aliphatic rings. The lowest BCUT2D eigenvalue weighted by Crippen LogP contribution is -2.76. The number of hydrogen-bond donors (Lipinski definition) is 1. The number of hydrogen-bond acceptors (Lipinski definition) is 5. The summed E-state index contributed by atoms with van der Waals surface area (Å²) in [6.45, 7) is 19.5. The Labute approximate surface area is 180 Å². The van der Waals surface area contributed by atoms with E-state index in [1.807, 2.05) is 13.0 Å². The van der Waals surface area contributed by atoms with Crippen molar-refractivity contribution in [3.05, 3.63) is 38.0 Å². The Balaban J connectivity index is 2.32. The van der Waals surface area contributed by atoms with E-state index >= 15 is 0 Å².